The second-order valence-electron chi connectivity index (χ2n) is 11.2. The van der Waals surface area contributed by atoms with Gasteiger partial charge in [0.25, 0.3) is 0 Å². The molecule has 0 heterocycles. The second-order valence-corrected chi connectivity index (χ2v) is 11.2. The van der Waals surface area contributed by atoms with Gasteiger partial charge in [-0.15, -0.1) is 0 Å². The van der Waals surface area contributed by atoms with Crippen LogP contribution in [0.5, 0.6) is 0 Å². The van der Waals surface area contributed by atoms with Gasteiger partial charge in [0, 0.05) is 18.7 Å². The van der Waals surface area contributed by atoms with Crippen molar-refractivity contribution in [3.63, 3.8) is 0 Å². The fraction of sp³-hybridized carbons (Fsp3) is 0.731. The Balaban J connectivity index is 1.45. The summed E-state index contributed by atoms with van der Waals surface area (Å²) in [7, 11) is 0. The van der Waals surface area contributed by atoms with E-state index in [0.29, 0.717) is 23.9 Å². The molecule has 4 unspecified atom stereocenters. The third-order valence-electron chi connectivity index (χ3n) is 8.77. The average molecular weight is 411 g/mol. The van der Waals surface area contributed by atoms with Crippen molar-refractivity contribution in [2.45, 2.75) is 88.6 Å². The van der Waals surface area contributed by atoms with Gasteiger partial charge in [0.2, 0.25) is 5.91 Å². The van der Waals surface area contributed by atoms with E-state index in [9.17, 15) is 4.79 Å². The summed E-state index contributed by atoms with van der Waals surface area (Å²) in [5, 5.41) is 3.50. The Hall–Kier alpha value is -1.39. The zero-order chi connectivity index (χ0) is 20.8. The van der Waals surface area contributed by atoms with Gasteiger partial charge in [-0.25, -0.2) is 0 Å². The van der Waals surface area contributed by atoms with E-state index in [0.717, 1.165) is 58.2 Å². The quantitative estimate of drug-likeness (QED) is 0.734. The van der Waals surface area contributed by atoms with Crippen molar-refractivity contribution in [3.05, 3.63) is 35.9 Å². The molecule has 0 aromatic heterocycles. The summed E-state index contributed by atoms with van der Waals surface area (Å²) in [4.78, 5) is 13.9. The molecule has 3 N–H and O–H groups in total. The lowest BCUT2D eigenvalue weighted by Crippen LogP contribution is -2.64. The SMILES string of the molecule is CCOCC12CC3CC(C(=O)NC4CCC(N)CC4)(C1)CC(c1ccccc1)(C3)C2. The lowest BCUT2D eigenvalue weighted by atomic mass is 9.38. The minimum Gasteiger partial charge on any atom is -0.381 e. The Bertz CT molecular complexity index is 774. The van der Waals surface area contributed by atoms with Crippen LogP contribution in [0.3, 0.4) is 0 Å². The number of hydrogen-bond acceptors (Lipinski definition) is 3. The largest absolute Gasteiger partial charge is 0.381 e. The van der Waals surface area contributed by atoms with Crippen LogP contribution in [-0.4, -0.2) is 31.2 Å². The van der Waals surface area contributed by atoms with E-state index in [4.69, 9.17) is 10.5 Å². The molecule has 0 spiro atoms. The van der Waals surface area contributed by atoms with E-state index in [-0.39, 0.29) is 16.2 Å². The summed E-state index contributed by atoms with van der Waals surface area (Å²) < 4.78 is 6.04. The van der Waals surface area contributed by atoms with E-state index in [1.165, 1.54) is 24.8 Å². The Morgan fingerprint density at radius 1 is 1.07 bits per heavy atom. The van der Waals surface area contributed by atoms with E-state index < -0.39 is 0 Å². The summed E-state index contributed by atoms with van der Waals surface area (Å²) in [6, 6.07) is 11.7. The Morgan fingerprint density at radius 2 is 1.83 bits per heavy atom. The molecule has 4 nitrogen and oxygen atoms in total. The summed E-state index contributed by atoms with van der Waals surface area (Å²) >= 11 is 0. The first kappa shape index (κ1) is 20.5. The van der Waals surface area contributed by atoms with Crippen LogP contribution in [0.25, 0.3) is 0 Å². The predicted molar refractivity (Wildman–Crippen MR) is 119 cm³/mol. The first-order valence-electron chi connectivity index (χ1n) is 12.2. The monoisotopic (exact) mass is 410 g/mol. The minimum absolute atomic E-state index is 0.129. The van der Waals surface area contributed by atoms with Gasteiger partial charge in [0.1, 0.15) is 0 Å². The van der Waals surface area contributed by atoms with Gasteiger partial charge in [-0.1, -0.05) is 30.3 Å². The molecule has 5 fully saturated rings. The van der Waals surface area contributed by atoms with Crippen LogP contribution in [0.4, 0.5) is 0 Å². The Labute approximate surface area is 181 Å². The number of nitrogens with two attached hydrogens (primary N) is 1. The summed E-state index contributed by atoms with van der Waals surface area (Å²) in [6.07, 6.45) is 10.8. The van der Waals surface area contributed by atoms with Crippen LogP contribution in [-0.2, 0) is 14.9 Å². The molecular formula is C26H38N2O2. The zero-order valence-corrected chi connectivity index (χ0v) is 18.5. The van der Waals surface area contributed by atoms with Crippen molar-refractivity contribution in [2.24, 2.45) is 22.5 Å². The van der Waals surface area contributed by atoms with Gasteiger partial charge >= 0.3 is 0 Å². The molecule has 5 aliphatic carbocycles. The fourth-order valence-electron chi connectivity index (χ4n) is 8.09. The molecule has 4 atom stereocenters. The molecular weight excluding hydrogens is 372 g/mol. The van der Waals surface area contributed by atoms with Crippen molar-refractivity contribution in [3.8, 4) is 0 Å². The maximum Gasteiger partial charge on any atom is 0.226 e. The standard InChI is InChI=1S/C26H38N2O2/c1-2-30-18-24-12-19-13-25(15-24,20-6-4-3-5-7-20)17-26(14-19,16-24)23(29)28-22-10-8-21(27)9-11-22/h3-7,19,21-22H,2,8-18,27H2,1H3,(H,28,29). The van der Waals surface area contributed by atoms with Crippen molar-refractivity contribution >= 4 is 5.91 Å². The fourth-order valence-corrected chi connectivity index (χ4v) is 8.09. The number of carbonyl (C=O) groups excluding carboxylic acids is 1. The van der Waals surface area contributed by atoms with Crippen LogP contribution in [0, 0.1) is 16.7 Å². The molecule has 5 saturated carbocycles. The molecule has 6 rings (SSSR count). The molecule has 4 heteroatoms. The first-order chi connectivity index (χ1) is 14.5. The molecule has 5 aliphatic rings. The number of hydrogen-bond donors (Lipinski definition) is 2. The van der Waals surface area contributed by atoms with E-state index in [1.54, 1.807) is 0 Å². The van der Waals surface area contributed by atoms with Crippen LogP contribution >= 0.6 is 0 Å². The molecule has 1 amide bonds. The topological polar surface area (TPSA) is 64.3 Å². The van der Waals surface area contributed by atoms with Crippen LogP contribution in [0.2, 0.25) is 0 Å². The summed E-state index contributed by atoms with van der Waals surface area (Å²) in [5.74, 6) is 0.959. The van der Waals surface area contributed by atoms with E-state index >= 15 is 0 Å². The van der Waals surface area contributed by atoms with Gasteiger partial charge in [-0.2, -0.15) is 0 Å². The highest BCUT2D eigenvalue weighted by molar-refractivity contribution is 5.84. The lowest BCUT2D eigenvalue weighted by Gasteiger charge is -2.66. The maximum atomic E-state index is 13.9. The third kappa shape index (κ3) is 3.50. The van der Waals surface area contributed by atoms with Crippen molar-refractivity contribution < 1.29 is 9.53 Å². The van der Waals surface area contributed by atoms with Crippen molar-refractivity contribution in [1.82, 2.24) is 5.32 Å². The van der Waals surface area contributed by atoms with Crippen LogP contribution in [0.15, 0.2) is 30.3 Å². The van der Waals surface area contributed by atoms with Crippen LogP contribution in [0.1, 0.15) is 76.7 Å². The molecule has 164 valence electrons. The summed E-state index contributed by atoms with van der Waals surface area (Å²) in [5.41, 5.74) is 7.58. The molecule has 0 saturated heterocycles. The van der Waals surface area contributed by atoms with Gasteiger partial charge in [0.05, 0.1) is 12.0 Å². The summed E-state index contributed by atoms with van der Waals surface area (Å²) in [6.45, 7) is 3.65. The molecule has 4 bridgehead atoms. The number of rotatable bonds is 6. The molecule has 30 heavy (non-hydrogen) atoms. The maximum absolute atomic E-state index is 13.9. The minimum atomic E-state index is -0.230. The number of benzene rings is 1. The zero-order valence-electron chi connectivity index (χ0n) is 18.5. The second kappa shape index (κ2) is 7.63. The first-order valence-corrected chi connectivity index (χ1v) is 12.2. The van der Waals surface area contributed by atoms with Crippen molar-refractivity contribution in [1.29, 1.82) is 0 Å². The van der Waals surface area contributed by atoms with Gasteiger partial charge in [-0.3, -0.25) is 4.79 Å². The highest BCUT2D eigenvalue weighted by Crippen LogP contribution is 2.70. The third-order valence-corrected chi connectivity index (χ3v) is 8.77. The van der Waals surface area contributed by atoms with Gasteiger partial charge in [0.15, 0.2) is 0 Å². The smallest absolute Gasteiger partial charge is 0.226 e. The highest BCUT2D eigenvalue weighted by Gasteiger charge is 2.66. The highest BCUT2D eigenvalue weighted by atomic mass is 16.5. The lowest BCUT2D eigenvalue weighted by molar-refractivity contribution is -0.172. The Morgan fingerprint density at radius 3 is 2.57 bits per heavy atom. The molecule has 0 radical (unpaired) electrons. The van der Waals surface area contributed by atoms with E-state index in [2.05, 4.69) is 42.6 Å². The normalized spacial score (nSPS) is 42.3. The average Bonchev–Trinajstić information content (AvgIpc) is 2.74. The van der Waals surface area contributed by atoms with Gasteiger partial charge < -0.3 is 15.8 Å². The Kier molecular flexibility index (Phi) is 5.22. The van der Waals surface area contributed by atoms with Crippen LogP contribution < -0.4 is 11.1 Å². The molecule has 1 aromatic rings. The number of amides is 1. The van der Waals surface area contributed by atoms with Gasteiger partial charge in [-0.05, 0) is 93.4 Å². The number of nitrogens with one attached hydrogen (secondary N) is 1. The number of ether oxygens (including phenoxy) is 1. The molecule has 0 aliphatic heterocycles. The van der Waals surface area contributed by atoms with E-state index in [1.807, 2.05) is 0 Å². The number of carbonyl (C=O) groups is 1. The predicted octanol–water partition coefficient (Wildman–Crippen LogP) is 4.32. The van der Waals surface area contributed by atoms with Crippen molar-refractivity contribution in [2.75, 3.05) is 13.2 Å². The molecule has 1 aromatic carbocycles.